The minimum absolute atomic E-state index is 0.0605. The van der Waals surface area contributed by atoms with Gasteiger partial charge in [-0.1, -0.05) is 6.92 Å². The molecule has 2 aliphatic rings. The van der Waals surface area contributed by atoms with E-state index in [1.165, 1.54) is 28.6 Å². The van der Waals surface area contributed by atoms with E-state index in [-0.39, 0.29) is 22.8 Å². The zero-order valence-corrected chi connectivity index (χ0v) is 17.1. The van der Waals surface area contributed by atoms with Crippen LogP contribution in [0.3, 0.4) is 0 Å². The summed E-state index contributed by atoms with van der Waals surface area (Å²) in [6.07, 6.45) is 3.03. The monoisotopic (exact) mass is 404 g/mol. The molecule has 8 heteroatoms. The molecule has 1 N–H and O–H groups in total. The Morgan fingerprint density at radius 2 is 1.71 bits per heavy atom. The number of nitriles is 1. The zero-order valence-electron chi connectivity index (χ0n) is 16.3. The fourth-order valence-electron chi connectivity index (χ4n) is 3.92. The van der Waals surface area contributed by atoms with Gasteiger partial charge < -0.3 is 10.2 Å². The van der Waals surface area contributed by atoms with Gasteiger partial charge in [0.25, 0.3) is 0 Å². The molecule has 0 aromatic heterocycles. The van der Waals surface area contributed by atoms with Gasteiger partial charge in [-0.3, -0.25) is 4.79 Å². The second-order valence-corrected chi connectivity index (χ2v) is 9.47. The molecule has 2 saturated heterocycles. The molecule has 0 radical (unpaired) electrons. The van der Waals surface area contributed by atoms with Crippen molar-refractivity contribution in [1.82, 2.24) is 14.5 Å². The van der Waals surface area contributed by atoms with E-state index in [9.17, 15) is 13.2 Å². The van der Waals surface area contributed by atoms with Crippen LogP contribution in [0, 0.1) is 17.2 Å². The first-order valence-electron chi connectivity index (χ1n) is 9.97. The van der Waals surface area contributed by atoms with Gasteiger partial charge in [0.2, 0.25) is 15.9 Å². The zero-order chi connectivity index (χ0) is 20.1. The van der Waals surface area contributed by atoms with Crippen LogP contribution in [-0.2, 0) is 14.8 Å². The van der Waals surface area contributed by atoms with Crippen LogP contribution in [-0.4, -0.2) is 62.3 Å². The van der Waals surface area contributed by atoms with Crippen LogP contribution in [0.2, 0.25) is 0 Å². The average molecular weight is 405 g/mol. The Bertz CT molecular complexity index is 816. The maximum Gasteiger partial charge on any atom is 0.243 e. The van der Waals surface area contributed by atoms with Gasteiger partial charge in [0.05, 0.1) is 16.5 Å². The molecule has 2 heterocycles. The van der Waals surface area contributed by atoms with Crippen LogP contribution in [0.15, 0.2) is 29.2 Å². The van der Waals surface area contributed by atoms with E-state index in [2.05, 4.69) is 17.1 Å². The SMILES string of the molecule is CCN1CCC(NC(=O)C2CCN(S(=O)(=O)c3ccc(C#N)cc3)CC2)CC1. The number of hydrogen-bond acceptors (Lipinski definition) is 5. The molecule has 2 fully saturated rings. The first-order valence-corrected chi connectivity index (χ1v) is 11.4. The lowest BCUT2D eigenvalue weighted by molar-refractivity contribution is -0.127. The van der Waals surface area contributed by atoms with Crippen molar-refractivity contribution in [2.24, 2.45) is 5.92 Å². The van der Waals surface area contributed by atoms with Gasteiger partial charge in [0, 0.05) is 38.1 Å². The fraction of sp³-hybridized carbons (Fsp3) is 0.600. The number of rotatable bonds is 5. The third kappa shape index (κ3) is 4.72. The molecule has 0 spiro atoms. The first kappa shape index (κ1) is 20.8. The van der Waals surface area contributed by atoms with E-state index in [1.807, 2.05) is 6.07 Å². The van der Waals surface area contributed by atoms with E-state index >= 15 is 0 Å². The lowest BCUT2D eigenvalue weighted by Crippen LogP contribution is -2.48. The summed E-state index contributed by atoms with van der Waals surface area (Å²) in [4.78, 5) is 15.2. The lowest BCUT2D eigenvalue weighted by Gasteiger charge is -2.34. The van der Waals surface area contributed by atoms with Gasteiger partial charge in [-0.05, 0) is 56.5 Å². The van der Waals surface area contributed by atoms with Crippen molar-refractivity contribution >= 4 is 15.9 Å². The number of benzene rings is 1. The predicted molar refractivity (Wildman–Crippen MR) is 106 cm³/mol. The summed E-state index contributed by atoms with van der Waals surface area (Å²) in [5, 5.41) is 12.0. The van der Waals surface area contributed by atoms with Gasteiger partial charge in [-0.15, -0.1) is 0 Å². The molecule has 7 nitrogen and oxygen atoms in total. The smallest absolute Gasteiger partial charge is 0.243 e. The Kier molecular flexibility index (Phi) is 6.70. The molecule has 0 unspecified atom stereocenters. The van der Waals surface area contributed by atoms with Crippen molar-refractivity contribution in [2.75, 3.05) is 32.7 Å². The average Bonchev–Trinajstić information content (AvgIpc) is 2.74. The lowest BCUT2D eigenvalue weighted by atomic mass is 9.96. The predicted octanol–water partition coefficient (Wildman–Crippen LogP) is 1.56. The molecule has 1 aromatic rings. The number of carbonyl (C=O) groups is 1. The van der Waals surface area contributed by atoms with Crippen molar-refractivity contribution in [2.45, 2.75) is 43.5 Å². The number of amides is 1. The van der Waals surface area contributed by atoms with E-state index in [1.54, 1.807) is 0 Å². The van der Waals surface area contributed by atoms with Gasteiger partial charge in [-0.2, -0.15) is 9.57 Å². The van der Waals surface area contributed by atoms with Crippen LogP contribution >= 0.6 is 0 Å². The minimum Gasteiger partial charge on any atom is -0.353 e. The second kappa shape index (κ2) is 9.03. The van der Waals surface area contributed by atoms with E-state index in [0.29, 0.717) is 31.5 Å². The number of hydrogen-bond donors (Lipinski definition) is 1. The molecule has 28 heavy (non-hydrogen) atoms. The number of sulfonamides is 1. The van der Waals surface area contributed by atoms with Crippen molar-refractivity contribution < 1.29 is 13.2 Å². The topological polar surface area (TPSA) is 93.5 Å². The Hall–Kier alpha value is -1.95. The van der Waals surface area contributed by atoms with Gasteiger partial charge >= 0.3 is 0 Å². The molecule has 2 aliphatic heterocycles. The largest absolute Gasteiger partial charge is 0.353 e. The third-order valence-electron chi connectivity index (χ3n) is 5.83. The number of carbonyl (C=O) groups excluding carboxylic acids is 1. The van der Waals surface area contributed by atoms with Crippen LogP contribution in [0.5, 0.6) is 0 Å². The Balaban J connectivity index is 1.52. The van der Waals surface area contributed by atoms with Crippen LogP contribution in [0.4, 0.5) is 0 Å². The van der Waals surface area contributed by atoms with Gasteiger partial charge in [0.15, 0.2) is 0 Å². The van der Waals surface area contributed by atoms with E-state index in [0.717, 1.165) is 32.5 Å². The molecular weight excluding hydrogens is 376 g/mol. The van der Waals surface area contributed by atoms with Crippen molar-refractivity contribution in [3.05, 3.63) is 29.8 Å². The fourth-order valence-corrected chi connectivity index (χ4v) is 5.39. The standard InChI is InChI=1S/C20H28N4O3S/c1-2-23-11-9-18(10-12-23)22-20(25)17-7-13-24(14-8-17)28(26,27)19-5-3-16(15-21)4-6-19/h3-6,17-18H,2,7-14H2,1H3,(H,22,25). The quantitative estimate of drug-likeness (QED) is 0.804. The van der Waals surface area contributed by atoms with Crippen molar-refractivity contribution in [3.63, 3.8) is 0 Å². The summed E-state index contributed by atoms with van der Waals surface area (Å²) in [6, 6.07) is 8.18. The molecule has 1 aromatic carbocycles. The molecule has 152 valence electrons. The summed E-state index contributed by atoms with van der Waals surface area (Å²) in [7, 11) is -3.59. The van der Waals surface area contributed by atoms with Crippen LogP contribution in [0.25, 0.3) is 0 Å². The van der Waals surface area contributed by atoms with E-state index in [4.69, 9.17) is 5.26 Å². The van der Waals surface area contributed by atoms with Crippen molar-refractivity contribution in [1.29, 1.82) is 5.26 Å². The van der Waals surface area contributed by atoms with Crippen molar-refractivity contribution in [3.8, 4) is 6.07 Å². The summed E-state index contributed by atoms with van der Waals surface area (Å²) < 4.78 is 27.0. The number of likely N-dealkylation sites (tertiary alicyclic amines) is 1. The maximum atomic E-state index is 12.8. The number of nitrogens with one attached hydrogen (secondary N) is 1. The number of piperidine rings is 2. The summed E-state index contributed by atoms with van der Waals surface area (Å²) in [5.74, 6) is -0.0676. The molecule has 0 atom stereocenters. The highest BCUT2D eigenvalue weighted by atomic mass is 32.2. The maximum absolute atomic E-state index is 12.8. The molecule has 0 aliphatic carbocycles. The van der Waals surface area contributed by atoms with Crippen LogP contribution in [0.1, 0.15) is 38.2 Å². The van der Waals surface area contributed by atoms with Gasteiger partial charge in [-0.25, -0.2) is 8.42 Å². The Morgan fingerprint density at radius 1 is 1.11 bits per heavy atom. The molecule has 3 rings (SSSR count). The molecule has 1 amide bonds. The van der Waals surface area contributed by atoms with Gasteiger partial charge in [0.1, 0.15) is 0 Å². The molecule has 0 bridgehead atoms. The minimum atomic E-state index is -3.59. The van der Waals surface area contributed by atoms with Crippen LogP contribution < -0.4 is 5.32 Å². The highest BCUT2D eigenvalue weighted by Gasteiger charge is 2.33. The Morgan fingerprint density at radius 3 is 2.25 bits per heavy atom. The molecular formula is C20H28N4O3S. The normalized spacial score (nSPS) is 20.6. The highest BCUT2D eigenvalue weighted by Crippen LogP contribution is 2.24. The summed E-state index contributed by atoms with van der Waals surface area (Å²) in [6.45, 7) is 5.92. The number of nitrogens with zero attached hydrogens (tertiary/aromatic N) is 3. The van der Waals surface area contributed by atoms with E-state index < -0.39 is 10.0 Å². The first-order chi connectivity index (χ1) is 13.4. The summed E-state index contributed by atoms with van der Waals surface area (Å²) >= 11 is 0. The highest BCUT2D eigenvalue weighted by molar-refractivity contribution is 7.89. The summed E-state index contributed by atoms with van der Waals surface area (Å²) in [5.41, 5.74) is 0.430. The third-order valence-corrected chi connectivity index (χ3v) is 7.74. The molecule has 0 saturated carbocycles. The second-order valence-electron chi connectivity index (χ2n) is 7.53. The Labute approximate surface area is 167 Å².